The maximum Gasteiger partial charge on any atom is 0.0731 e. The van der Waals surface area contributed by atoms with Crippen LogP contribution in [0, 0.1) is 5.92 Å². The van der Waals surface area contributed by atoms with Crippen molar-refractivity contribution in [2.75, 3.05) is 19.7 Å². The average molecular weight is 255 g/mol. The van der Waals surface area contributed by atoms with Gasteiger partial charge in [0, 0.05) is 25.2 Å². The van der Waals surface area contributed by atoms with Crippen LogP contribution < -0.4 is 5.73 Å². The van der Waals surface area contributed by atoms with Crippen LogP contribution in [0.25, 0.3) is 0 Å². The van der Waals surface area contributed by atoms with Crippen molar-refractivity contribution in [2.24, 2.45) is 11.7 Å². The number of halogens is 2. The Bertz CT molecular complexity index is 214. The van der Waals surface area contributed by atoms with Gasteiger partial charge < -0.3 is 10.5 Å². The number of hydrogen-bond donors (Lipinski definition) is 1. The van der Waals surface area contributed by atoms with E-state index in [1.165, 1.54) is 12.8 Å². The first kappa shape index (κ1) is 13.5. The predicted molar refractivity (Wildman–Crippen MR) is 64.9 cm³/mol. The molecule has 1 aliphatic carbocycles. The lowest BCUT2D eigenvalue weighted by molar-refractivity contribution is -0.0581. The Balaban J connectivity index is 0.000000562. The van der Waals surface area contributed by atoms with Gasteiger partial charge in [-0.05, 0) is 25.2 Å². The zero-order valence-corrected chi connectivity index (χ0v) is 10.4. The summed E-state index contributed by atoms with van der Waals surface area (Å²) >= 11 is 0. The quantitative estimate of drug-likeness (QED) is 0.761. The molecule has 2 N–H and O–H groups in total. The number of fused-ring (bicyclic) bond motifs is 1. The van der Waals surface area contributed by atoms with Gasteiger partial charge in [0.15, 0.2) is 0 Å². The minimum atomic E-state index is 0. The Morgan fingerprint density at radius 2 is 1.87 bits per heavy atom. The third-order valence-corrected chi connectivity index (χ3v) is 3.63. The predicted octanol–water partition coefficient (Wildman–Crippen LogP) is 1.04. The zero-order chi connectivity index (χ0) is 8.84. The van der Waals surface area contributed by atoms with Gasteiger partial charge in [-0.2, -0.15) is 0 Å². The Labute approximate surface area is 104 Å². The molecule has 0 spiro atoms. The third kappa shape index (κ3) is 2.77. The second kappa shape index (κ2) is 5.19. The molecule has 3 atom stereocenters. The fourth-order valence-corrected chi connectivity index (χ4v) is 2.69. The summed E-state index contributed by atoms with van der Waals surface area (Å²) in [5.41, 5.74) is 5.93. The van der Waals surface area contributed by atoms with Gasteiger partial charge in [0.25, 0.3) is 0 Å². The molecule has 0 radical (unpaired) electrons. The van der Waals surface area contributed by atoms with Crippen molar-refractivity contribution in [1.29, 1.82) is 0 Å². The smallest absolute Gasteiger partial charge is 0.0731 e. The normalized spacial score (nSPS) is 40.2. The van der Waals surface area contributed by atoms with Crippen LogP contribution in [-0.2, 0) is 4.74 Å². The third-order valence-electron chi connectivity index (χ3n) is 3.63. The van der Waals surface area contributed by atoms with Crippen molar-refractivity contribution in [2.45, 2.75) is 37.5 Å². The van der Waals surface area contributed by atoms with Crippen molar-refractivity contribution in [1.82, 2.24) is 4.90 Å². The van der Waals surface area contributed by atoms with Gasteiger partial charge >= 0.3 is 0 Å². The number of ether oxygens (including phenoxy) is 1. The van der Waals surface area contributed by atoms with Gasteiger partial charge in [-0.15, -0.1) is 24.8 Å². The van der Waals surface area contributed by atoms with Crippen LogP contribution in [0.2, 0.25) is 0 Å². The fraction of sp³-hybridized carbons (Fsp3) is 1.00. The van der Waals surface area contributed by atoms with Crippen molar-refractivity contribution < 1.29 is 4.74 Å². The molecule has 0 aromatic heterocycles. The van der Waals surface area contributed by atoms with Gasteiger partial charge in [0.05, 0.1) is 12.7 Å². The first-order valence-corrected chi connectivity index (χ1v) is 5.44. The van der Waals surface area contributed by atoms with Crippen LogP contribution >= 0.6 is 24.8 Å². The molecule has 0 amide bonds. The van der Waals surface area contributed by atoms with Gasteiger partial charge in [0.1, 0.15) is 0 Å². The molecule has 2 saturated heterocycles. The van der Waals surface area contributed by atoms with Crippen LogP contribution in [0.5, 0.6) is 0 Å². The van der Waals surface area contributed by atoms with E-state index in [1.54, 1.807) is 0 Å². The van der Waals surface area contributed by atoms with Crippen LogP contribution in [0.15, 0.2) is 0 Å². The first-order chi connectivity index (χ1) is 6.33. The summed E-state index contributed by atoms with van der Waals surface area (Å²) in [4.78, 5) is 2.54. The molecule has 5 heteroatoms. The topological polar surface area (TPSA) is 38.5 Å². The van der Waals surface area contributed by atoms with E-state index in [0.29, 0.717) is 18.2 Å². The molecule has 2 heterocycles. The molecular weight excluding hydrogens is 235 g/mol. The first-order valence-electron chi connectivity index (χ1n) is 5.44. The maximum atomic E-state index is 5.93. The molecule has 1 saturated carbocycles. The molecule has 2 aliphatic heterocycles. The average Bonchev–Trinajstić information content (AvgIpc) is 2.87. The highest BCUT2D eigenvalue weighted by atomic mass is 35.5. The van der Waals surface area contributed by atoms with Crippen molar-refractivity contribution in [3.63, 3.8) is 0 Å². The molecule has 3 fully saturated rings. The lowest BCUT2D eigenvalue weighted by Crippen LogP contribution is -2.47. The molecule has 15 heavy (non-hydrogen) atoms. The lowest BCUT2D eigenvalue weighted by Gasteiger charge is -2.35. The monoisotopic (exact) mass is 254 g/mol. The SMILES string of the molecule is Cl.Cl.N[C@@H]1C[C@H]2CO[C@@H](C3CC3)CN2C1. The second-order valence-corrected chi connectivity index (χ2v) is 4.81. The van der Waals surface area contributed by atoms with E-state index in [0.717, 1.165) is 32.0 Å². The van der Waals surface area contributed by atoms with Crippen LogP contribution in [0.4, 0.5) is 0 Å². The molecule has 0 aromatic rings. The molecular formula is C10H20Cl2N2O. The highest BCUT2D eigenvalue weighted by Gasteiger charge is 2.41. The Hall–Kier alpha value is 0.460. The van der Waals surface area contributed by atoms with Crippen LogP contribution in [-0.4, -0.2) is 42.8 Å². The Morgan fingerprint density at radius 1 is 1.13 bits per heavy atom. The number of hydrogen-bond acceptors (Lipinski definition) is 3. The second-order valence-electron chi connectivity index (χ2n) is 4.81. The minimum absolute atomic E-state index is 0. The minimum Gasteiger partial charge on any atom is -0.375 e. The standard InChI is InChI=1S/C10H18N2O.2ClH/c11-8-3-9-6-13-10(7-1-2-7)5-12(9)4-8;;/h7-10H,1-6,11H2;2*1H/t8-,9+,10-;;/m1../s1. The number of nitrogens with two attached hydrogens (primary N) is 1. The van der Waals surface area contributed by atoms with E-state index < -0.39 is 0 Å². The fourth-order valence-electron chi connectivity index (χ4n) is 2.69. The van der Waals surface area contributed by atoms with E-state index in [1.807, 2.05) is 0 Å². The van der Waals surface area contributed by atoms with Crippen LogP contribution in [0.1, 0.15) is 19.3 Å². The van der Waals surface area contributed by atoms with E-state index in [2.05, 4.69) is 4.90 Å². The highest BCUT2D eigenvalue weighted by Crippen LogP contribution is 2.37. The van der Waals surface area contributed by atoms with Gasteiger partial charge in [-0.1, -0.05) is 0 Å². The number of rotatable bonds is 1. The summed E-state index contributed by atoms with van der Waals surface area (Å²) in [5.74, 6) is 0.873. The zero-order valence-electron chi connectivity index (χ0n) is 8.80. The molecule has 0 aromatic carbocycles. The maximum absolute atomic E-state index is 5.93. The van der Waals surface area contributed by atoms with E-state index in [9.17, 15) is 0 Å². The number of nitrogens with zero attached hydrogens (tertiary/aromatic N) is 1. The summed E-state index contributed by atoms with van der Waals surface area (Å²) in [7, 11) is 0. The van der Waals surface area contributed by atoms with Crippen molar-refractivity contribution in [3.05, 3.63) is 0 Å². The summed E-state index contributed by atoms with van der Waals surface area (Å²) in [6.45, 7) is 3.16. The summed E-state index contributed by atoms with van der Waals surface area (Å²) in [6.07, 6.45) is 4.43. The van der Waals surface area contributed by atoms with E-state index in [-0.39, 0.29) is 24.8 Å². The summed E-state index contributed by atoms with van der Waals surface area (Å²) < 4.78 is 5.87. The summed E-state index contributed by atoms with van der Waals surface area (Å²) in [5, 5.41) is 0. The van der Waals surface area contributed by atoms with Crippen molar-refractivity contribution in [3.8, 4) is 0 Å². The number of morpholine rings is 1. The van der Waals surface area contributed by atoms with Gasteiger partial charge in [-0.25, -0.2) is 0 Å². The van der Waals surface area contributed by atoms with Crippen molar-refractivity contribution >= 4 is 24.8 Å². The van der Waals surface area contributed by atoms with Crippen LogP contribution in [0.3, 0.4) is 0 Å². The summed E-state index contributed by atoms with van der Waals surface area (Å²) in [6, 6.07) is 1.02. The highest BCUT2D eigenvalue weighted by molar-refractivity contribution is 5.85. The van der Waals surface area contributed by atoms with E-state index in [4.69, 9.17) is 10.5 Å². The van der Waals surface area contributed by atoms with E-state index >= 15 is 0 Å². The molecule has 0 unspecified atom stereocenters. The molecule has 90 valence electrons. The molecule has 3 aliphatic rings. The molecule has 3 nitrogen and oxygen atoms in total. The lowest BCUT2D eigenvalue weighted by atomic mass is 10.1. The Kier molecular flexibility index (Phi) is 4.68. The largest absolute Gasteiger partial charge is 0.375 e. The molecule has 0 bridgehead atoms. The van der Waals surface area contributed by atoms with Gasteiger partial charge in [0.2, 0.25) is 0 Å². The van der Waals surface area contributed by atoms with Gasteiger partial charge in [-0.3, -0.25) is 4.90 Å². The Morgan fingerprint density at radius 3 is 2.53 bits per heavy atom. The molecule has 3 rings (SSSR count).